The summed E-state index contributed by atoms with van der Waals surface area (Å²) >= 11 is 5.95. The maximum absolute atomic E-state index is 12.5. The van der Waals surface area contributed by atoms with Gasteiger partial charge in [0.25, 0.3) is 5.91 Å². The number of rotatable bonds is 3. The number of fused-ring (bicyclic) bond motifs is 1. The van der Waals surface area contributed by atoms with Crippen LogP contribution in [-0.4, -0.2) is 22.4 Å². The van der Waals surface area contributed by atoms with Gasteiger partial charge in [-0.05, 0) is 37.3 Å². The number of hydrogen-bond acceptors (Lipinski definition) is 3. The van der Waals surface area contributed by atoms with Crippen molar-refractivity contribution in [1.82, 2.24) is 9.38 Å². The van der Waals surface area contributed by atoms with Crippen molar-refractivity contribution in [1.29, 1.82) is 0 Å². The van der Waals surface area contributed by atoms with Crippen molar-refractivity contribution < 1.29 is 9.53 Å². The first-order chi connectivity index (χ1) is 10.6. The summed E-state index contributed by atoms with van der Waals surface area (Å²) in [5.41, 5.74) is 2.47. The molecule has 2 aromatic heterocycles. The van der Waals surface area contributed by atoms with Gasteiger partial charge in [0, 0.05) is 23.0 Å². The van der Waals surface area contributed by atoms with Gasteiger partial charge in [-0.2, -0.15) is 0 Å². The molecule has 5 nitrogen and oxygen atoms in total. The third kappa shape index (κ3) is 2.63. The van der Waals surface area contributed by atoms with Crippen molar-refractivity contribution in [2.75, 3.05) is 12.4 Å². The molecule has 0 atom stereocenters. The van der Waals surface area contributed by atoms with Crippen LogP contribution in [0.25, 0.3) is 5.65 Å². The molecule has 6 heteroatoms. The Labute approximate surface area is 132 Å². The number of carbonyl (C=O) groups excluding carboxylic acids is 1. The second-order valence-corrected chi connectivity index (χ2v) is 5.24. The van der Waals surface area contributed by atoms with E-state index in [1.807, 2.05) is 0 Å². The molecule has 112 valence electrons. The van der Waals surface area contributed by atoms with Gasteiger partial charge >= 0.3 is 0 Å². The number of hydrogen-bond donors (Lipinski definition) is 1. The molecular formula is C16H14ClN3O2. The minimum atomic E-state index is -0.225. The van der Waals surface area contributed by atoms with Crippen LogP contribution in [-0.2, 0) is 0 Å². The second kappa shape index (κ2) is 5.69. The monoisotopic (exact) mass is 315 g/mol. The molecule has 1 amide bonds. The van der Waals surface area contributed by atoms with E-state index in [1.165, 1.54) is 0 Å². The van der Waals surface area contributed by atoms with Crippen molar-refractivity contribution in [2.45, 2.75) is 6.92 Å². The number of aromatic nitrogens is 2. The van der Waals surface area contributed by atoms with Crippen LogP contribution in [0, 0.1) is 6.92 Å². The van der Waals surface area contributed by atoms with Crippen LogP contribution in [0.2, 0.25) is 5.02 Å². The maximum Gasteiger partial charge on any atom is 0.274 e. The first-order valence-corrected chi connectivity index (χ1v) is 7.06. The highest BCUT2D eigenvalue weighted by atomic mass is 35.5. The highest BCUT2D eigenvalue weighted by Crippen LogP contribution is 2.19. The molecule has 3 rings (SSSR count). The third-order valence-electron chi connectivity index (χ3n) is 3.33. The summed E-state index contributed by atoms with van der Waals surface area (Å²) in [7, 11) is 1.60. The molecule has 1 aromatic carbocycles. The molecule has 0 spiro atoms. The van der Waals surface area contributed by atoms with Gasteiger partial charge < -0.3 is 10.1 Å². The summed E-state index contributed by atoms with van der Waals surface area (Å²) in [4.78, 5) is 16.9. The highest BCUT2D eigenvalue weighted by Gasteiger charge is 2.16. The van der Waals surface area contributed by atoms with E-state index < -0.39 is 0 Å². The minimum absolute atomic E-state index is 0.225. The Bertz CT molecular complexity index is 840. The Kier molecular flexibility index (Phi) is 3.73. The van der Waals surface area contributed by atoms with Crippen LogP contribution in [0.3, 0.4) is 0 Å². The summed E-state index contributed by atoms with van der Waals surface area (Å²) in [5.74, 6) is 0.510. The lowest BCUT2D eigenvalue weighted by Crippen LogP contribution is -2.15. The number of carbonyl (C=O) groups is 1. The van der Waals surface area contributed by atoms with Crippen molar-refractivity contribution >= 4 is 28.8 Å². The first kappa shape index (κ1) is 14.4. The number of halogens is 1. The summed E-state index contributed by atoms with van der Waals surface area (Å²) in [6.07, 6.45) is 1.74. The molecule has 22 heavy (non-hydrogen) atoms. The largest absolute Gasteiger partial charge is 0.497 e. The molecule has 3 aromatic rings. The van der Waals surface area contributed by atoms with Gasteiger partial charge in [-0.3, -0.25) is 9.20 Å². The predicted octanol–water partition coefficient (Wildman–Crippen LogP) is 3.56. The average Bonchev–Trinajstić information content (AvgIpc) is 2.83. The van der Waals surface area contributed by atoms with E-state index in [0.717, 1.165) is 5.75 Å². The van der Waals surface area contributed by atoms with Gasteiger partial charge in [0.2, 0.25) is 0 Å². The molecule has 0 aliphatic carbocycles. The number of pyridine rings is 1. The van der Waals surface area contributed by atoms with Crippen LogP contribution in [0.4, 0.5) is 5.69 Å². The normalized spacial score (nSPS) is 10.7. The Morgan fingerprint density at radius 2 is 2.00 bits per heavy atom. The maximum atomic E-state index is 12.5. The number of ether oxygens (including phenoxy) is 1. The van der Waals surface area contributed by atoms with Crippen molar-refractivity contribution in [3.63, 3.8) is 0 Å². The van der Waals surface area contributed by atoms with Gasteiger partial charge in [-0.1, -0.05) is 11.6 Å². The van der Waals surface area contributed by atoms with Crippen LogP contribution in [0.1, 0.15) is 16.2 Å². The zero-order valence-corrected chi connectivity index (χ0v) is 12.9. The van der Waals surface area contributed by atoms with E-state index >= 15 is 0 Å². The second-order valence-electron chi connectivity index (χ2n) is 4.80. The van der Waals surface area contributed by atoms with Gasteiger partial charge in [-0.15, -0.1) is 0 Å². The van der Waals surface area contributed by atoms with Gasteiger partial charge in [0.1, 0.15) is 17.1 Å². The molecule has 0 saturated heterocycles. The molecule has 0 bridgehead atoms. The third-order valence-corrected chi connectivity index (χ3v) is 3.56. The fraction of sp³-hybridized carbons (Fsp3) is 0.125. The number of aryl methyl sites for hydroxylation is 1. The van der Waals surface area contributed by atoms with Crippen molar-refractivity contribution in [3.05, 3.63) is 59.0 Å². The van der Waals surface area contributed by atoms with E-state index in [0.29, 0.717) is 27.7 Å². The zero-order chi connectivity index (χ0) is 15.7. The average molecular weight is 316 g/mol. The predicted molar refractivity (Wildman–Crippen MR) is 85.9 cm³/mol. The zero-order valence-electron chi connectivity index (χ0n) is 12.1. The number of imidazole rings is 1. The quantitative estimate of drug-likeness (QED) is 0.804. The number of benzene rings is 1. The van der Waals surface area contributed by atoms with Crippen LogP contribution >= 0.6 is 11.6 Å². The molecular weight excluding hydrogens is 302 g/mol. The molecule has 0 radical (unpaired) electrons. The Hall–Kier alpha value is -2.53. The Morgan fingerprint density at radius 1 is 1.27 bits per heavy atom. The van der Waals surface area contributed by atoms with E-state index in [1.54, 1.807) is 61.0 Å². The van der Waals surface area contributed by atoms with E-state index in [9.17, 15) is 4.79 Å². The lowest BCUT2D eigenvalue weighted by Gasteiger charge is -2.07. The molecule has 0 aliphatic rings. The van der Waals surface area contributed by atoms with Gasteiger partial charge in [0.15, 0.2) is 0 Å². The molecule has 2 heterocycles. The SMILES string of the molecule is COc1ccc(NC(=O)c2c(C)nc3cc(Cl)ccn23)cc1. The number of nitrogens with zero attached hydrogens (tertiary/aromatic N) is 2. The summed E-state index contributed by atoms with van der Waals surface area (Å²) in [5, 5.41) is 3.44. The van der Waals surface area contributed by atoms with Gasteiger partial charge in [0.05, 0.1) is 12.8 Å². The fourth-order valence-electron chi connectivity index (χ4n) is 2.28. The molecule has 0 fully saturated rings. The van der Waals surface area contributed by atoms with Crippen molar-refractivity contribution in [3.8, 4) is 5.75 Å². The molecule has 0 aliphatic heterocycles. The summed E-state index contributed by atoms with van der Waals surface area (Å²) in [6.45, 7) is 1.80. The standard InChI is InChI=1S/C16H14ClN3O2/c1-10-15(20-8-7-11(17)9-14(20)18-10)16(21)19-12-3-5-13(22-2)6-4-12/h3-9H,1-2H3,(H,19,21). The highest BCUT2D eigenvalue weighted by molar-refractivity contribution is 6.30. The number of amides is 1. The fourth-order valence-corrected chi connectivity index (χ4v) is 2.43. The van der Waals surface area contributed by atoms with Crippen LogP contribution in [0.5, 0.6) is 5.75 Å². The minimum Gasteiger partial charge on any atom is -0.497 e. The van der Waals surface area contributed by atoms with Crippen molar-refractivity contribution in [2.24, 2.45) is 0 Å². The van der Waals surface area contributed by atoms with E-state index in [2.05, 4.69) is 10.3 Å². The smallest absolute Gasteiger partial charge is 0.274 e. The molecule has 0 unspecified atom stereocenters. The van der Waals surface area contributed by atoms with E-state index in [-0.39, 0.29) is 5.91 Å². The van der Waals surface area contributed by atoms with Gasteiger partial charge in [-0.25, -0.2) is 4.98 Å². The first-order valence-electron chi connectivity index (χ1n) is 6.68. The molecule has 0 saturated carbocycles. The Balaban J connectivity index is 1.93. The number of methoxy groups -OCH3 is 1. The van der Waals surface area contributed by atoms with E-state index in [4.69, 9.17) is 16.3 Å². The number of anilines is 1. The number of nitrogens with one attached hydrogen (secondary N) is 1. The summed E-state index contributed by atoms with van der Waals surface area (Å²) in [6, 6.07) is 10.6. The lowest BCUT2D eigenvalue weighted by molar-refractivity contribution is 0.102. The topological polar surface area (TPSA) is 55.6 Å². The molecule has 1 N–H and O–H groups in total. The Morgan fingerprint density at radius 3 is 2.68 bits per heavy atom. The lowest BCUT2D eigenvalue weighted by atomic mass is 10.2. The van der Waals surface area contributed by atoms with Crippen LogP contribution in [0.15, 0.2) is 42.6 Å². The van der Waals surface area contributed by atoms with Crippen LogP contribution < -0.4 is 10.1 Å². The summed E-state index contributed by atoms with van der Waals surface area (Å²) < 4.78 is 6.82.